The number of nitrogens with one attached hydrogen (secondary N) is 1. The Kier molecular flexibility index (Phi) is 4.79. The minimum Gasteiger partial charge on any atom is -0.356 e. The first-order valence-corrected chi connectivity index (χ1v) is 8.55. The largest absolute Gasteiger partial charge is 0.356 e. The van der Waals surface area contributed by atoms with Crippen molar-refractivity contribution in [2.75, 3.05) is 23.3 Å². The number of aromatic nitrogens is 2. The second kappa shape index (κ2) is 6.99. The molecule has 1 aliphatic rings. The summed E-state index contributed by atoms with van der Waals surface area (Å²) in [5, 5.41) is 3.01. The van der Waals surface area contributed by atoms with E-state index >= 15 is 0 Å². The average Bonchev–Trinajstić information content (AvgIpc) is 3.09. The Morgan fingerprint density at radius 3 is 2.58 bits per heavy atom. The molecule has 1 saturated heterocycles. The van der Waals surface area contributed by atoms with Gasteiger partial charge in [-0.05, 0) is 37.3 Å². The van der Waals surface area contributed by atoms with Gasteiger partial charge in [-0.25, -0.2) is 9.97 Å². The van der Waals surface area contributed by atoms with E-state index < -0.39 is 0 Å². The third-order valence-electron chi connectivity index (χ3n) is 4.32. The highest BCUT2D eigenvalue weighted by Crippen LogP contribution is 2.24. The number of amides is 1. The van der Waals surface area contributed by atoms with E-state index in [4.69, 9.17) is 0 Å². The smallest absolute Gasteiger partial charge is 0.274 e. The molecule has 0 saturated carbocycles. The fraction of sp³-hybridized carbons (Fsp3) is 0.421. The fourth-order valence-corrected chi connectivity index (χ4v) is 3.08. The van der Waals surface area contributed by atoms with E-state index in [1.807, 2.05) is 31.2 Å². The molecule has 126 valence electrons. The van der Waals surface area contributed by atoms with E-state index in [0.717, 1.165) is 30.2 Å². The van der Waals surface area contributed by atoms with Gasteiger partial charge in [-0.1, -0.05) is 32.0 Å². The number of carbonyl (C=O) groups excluding carboxylic acids is 1. The van der Waals surface area contributed by atoms with Crippen LogP contribution < -0.4 is 10.2 Å². The highest BCUT2D eigenvalue weighted by molar-refractivity contribution is 6.03. The minimum atomic E-state index is -0.186. The quantitative estimate of drug-likeness (QED) is 0.930. The van der Waals surface area contributed by atoms with Gasteiger partial charge in [0.25, 0.3) is 5.91 Å². The van der Waals surface area contributed by atoms with Crippen LogP contribution in [0.2, 0.25) is 0 Å². The predicted octanol–water partition coefficient (Wildman–Crippen LogP) is 3.76. The highest BCUT2D eigenvalue weighted by Gasteiger charge is 2.18. The molecule has 2 heterocycles. The van der Waals surface area contributed by atoms with Gasteiger partial charge in [-0.3, -0.25) is 4.79 Å². The number of benzene rings is 1. The van der Waals surface area contributed by atoms with Gasteiger partial charge in [-0.15, -0.1) is 0 Å². The van der Waals surface area contributed by atoms with Crippen molar-refractivity contribution in [1.29, 1.82) is 0 Å². The van der Waals surface area contributed by atoms with E-state index in [2.05, 4.69) is 34.0 Å². The Labute approximate surface area is 143 Å². The lowest BCUT2D eigenvalue weighted by Crippen LogP contribution is -2.22. The second-order valence-electron chi connectivity index (χ2n) is 6.55. The summed E-state index contributed by atoms with van der Waals surface area (Å²) in [6, 6.07) is 9.70. The molecule has 2 aromatic rings. The lowest BCUT2D eigenvalue weighted by Gasteiger charge is -2.18. The Balaban J connectivity index is 1.85. The van der Waals surface area contributed by atoms with Gasteiger partial charge in [-0.2, -0.15) is 0 Å². The summed E-state index contributed by atoms with van der Waals surface area (Å²) in [6.45, 7) is 8.05. The summed E-state index contributed by atoms with van der Waals surface area (Å²) < 4.78 is 0. The van der Waals surface area contributed by atoms with Crippen LogP contribution >= 0.6 is 0 Å². The van der Waals surface area contributed by atoms with E-state index in [1.165, 1.54) is 12.8 Å². The van der Waals surface area contributed by atoms with E-state index in [0.29, 0.717) is 17.4 Å². The van der Waals surface area contributed by atoms with E-state index in [-0.39, 0.29) is 5.91 Å². The highest BCUT2D eigenvalue weighted by atomic mass is 16.1. The van der Waals surface area contributed by atoms with Crippen LogP contribution in [0.3, 0.4) is 0 Å². The molecular weight excluding hydrogens is 300 g/mol. The molecule has 1 fully saturated rings. The molecule has 1 aromatic heterocycles. The average molecular weight is 324 g/mol. The first kappa shape index (κ1) is 16.4. The number of nitrogens with zero attached hydrogens (tertiary/aromatic N) is 3. The second-order valence-corrected chi connectivity index (χ2v) is 6.55. The van der Waals surface area contributed by atoms with Crippen LogP contribution in [0.5, 0.6) is 0 Å². The van der Waals surface area contributed by atoms with Crippen molar-refractivity contribution >= 4 is 17.4 Å². The molecule has 24 heavy (non-hydrogen) atoms. The van der Waals surface area contributed by atoms with Gasteiger partial charge < -0.3 is 10.2 Å². The molecule has 0 spiro atoms. The molecule has 1 N–H and O–H groups in total. The molecule has 3 rings (SSSR count). The third-order valence-corrected chi connectivity index (χ3v) is 4.32. The standard InChI is InChI=1S/C19H24N4O/c1-13(2)15-8-4-5-9-16(15)22-19(24)17-12-18(21-14(3)20-17)23-10-6-7-11-23/h4-5,8-9,12-13H,6-7,10-11H2,1-3H3,(H,22,24). The van der Waals surface area contributed by atoms with E-state index in [9.17, 15) is 4.79 Å². The molecule has 1 aromatic carbocycles. The lowest BCUT2D eigenvalue weighted by atomic mass is 10.0. The molecule has 5 heteroatoms. The van der Waals surface area contributed by atoms with Crippen molar-refractivity contribution in [1.82, 2.24) is 9.97 Å². The van der Waals surface area contributed by atoms with Gasteiger partial charge in [0.05, 0.1) is 0 Å². The molecule has 1 aliphatic heterocycles. The summed E-state index contributed by atoms with van der Waals surface area (Å²) in [5.41, 5.74) is 2.39. The van der Waals surface area contributed by atoms with E-state index in [1.54, 1.807) is 6.07 Å². The van der Waals surface area contributed by atoms with Gasteiger partial charge >= 0.3 is 0 Å². The van der Waals surface area contributed by atoms with Crippen molar-refractivity contribution in [3.05, 3.63) is 47.4 Å². The van der Waals surface area contributed by atoms with Gasteiger partial charge in [0.1, 0.15) is 17.3 Å². The maximum absolute atomic E-state index is 12.7. The van der Waals surface area contributed by atoms with Crippen LogP contribution in [0.15, 0.2) is 30.3 Å². The van der Waals surface area contributed by atoms with Gasteiger partial charge in [0.15, 0.2) is 0 Å². The minimum absolute atomic E-state index is 0.186. The molecule has 5 nitrogen and oxygen atoms in total. The van der Waals surface area contributed by atoms with Crippen molar-refractivity contribution in [2.45, 2.75) is 39.5 Å². The maximum Gasteiger partial charge on any atom is 0.274 e. The lowest BCUT2D eigenvalue weighted by molar-refractivity contribution is 0.102. The van der Waals surface area contributed by atoms with Crippen molar-refractivity contribution in [2.24, 2.45) is 0 Å². The first-order valence-electron chi connectivity index (χ1n) is 8.55. The Bertz CT molecular complexity index is 736. The SMILES string of the molecule is Cc1nc(C(=O)Nc2ccccc2C(C)C)cc(N2CCCC2)n1. The summed E-state index contributed by atoms with van der Waals surface area (Å²) in [6.07, 6.45) is 2.35. The van der Waals surface area contributed by atoms with Crippen LogP contribution in [0, 0.1) is 6.92 Å². The molecule has 0 bridgehead atoms. The summed E-state index contributed by atoms with van der Waals surface area (Å²) in [7, 11) is 0. The zero-order chi connectivity index (χ0) is 17.1. The third kappa shape index (κ3) is 3.55. The predicted molar refractivity (Wildman–Crippen MR) is 96.7 cm³/mol. The van der Waals surface area contributed by atoms with Gasteiger partial charge in [0, 0.05) is 24.8 Å². The van der Waals surface area contributed by atoms with Crippen LogP contribution in [-0.4, -0.2) is 29.0 Å². The zero-order valence-corrected chi connectivity index (χ0v) is 14.5. The number of hydrogen-bond acceptors (Lipinski definition) is 4. The van der Waals surface area contributed by atoms with Crippen LogP contribution in [-0.2, 0) is 0 Å². The van der Waals surface area contributed by atoms with Crippen molar-refractivity contribution < 1.29 is 4.79 Å². The summed E-state index contributed by atoms with van der Waals surface area (Å²) in [5.74, 6) is 1.63. The zero-order valence-electron chi connectivity index (χ0n) is 14.5. The molecule has 0 aliphatic carbocycles. The fourth-order valence-electron chi connectivity index (χ4n) is 3.08. The molecule has 0 unspecified atom stereocenters. The maximum atomic E-state index is 12.7. The molecule has 0 radical (unpaired) electrons. The first-order chi connectivity index (χ1) is 11.5. The molecule has 0 atom stereocenters. The number of hydrogen-bond donors (Lipinski definition) is 1. The Morgan fingerprint density at radius 1 is 1.17 bits per heavy atom. The summed E-state index contributed by atoms with van der Waals surface area (Å²) >= 11 is 0. The number of rotatable bonds is 4. The van der Waals surface area contributed by atoms with Crippen LogP contribution in [0.25, 0.3) is 0 Å². The Morgan fingerprint density at radius 2 is 1.88 bits per heavy atom. The number of anilines is 2. The number of para-hydroxylation sites is 1. The van der Waals surface area contributed by atoms with Crippen molar-refractivity contribution in [3.63, 3.8) is 0 Å². The summed E-state index contributed by atoms with van der Waals surface area (Å²) in [4.78, 5) is 23.7. The number of aryl methyl sites for hydroxylation is 1. The monoisotopic (exact) mass is 324 g/mol. The molecule has 1 amide bonds. The normalized spacial score (nSPS) is 14.2. The van der Waals surface area contributed by atoms with Crippen LogP contribution in [0.1, 0.15) is 54.5 Å². The Hall–Kier alpha value is -2.43. The molecular formula is C19H24N4O. The topological polar surface area (TPSA) is 58.1 Å². The number of carbonyl (C=O) groups is 1. The van der Waals surface area contributed by atoms with Crippen LogP contribution in [0.4, 0.5) is 11.5 Å². The van der Waals surface area contributed by atoms with Gasteiger partial charge in [0.2, 0.25) is 0 Å². The van der Waals surface area contributed by atoms with Crippen molar-refractivity contribution in [3.8, 4) is 0 Å².